The molecule has 1 aromatic carbocycles. The van der Waals surface area contributed by atoms with Crippen LogP contribution in [-0.4, -0.2) is 25.6 Å². The van der Waals surface area contributed by atoms with Crippen molar-refractivity contribution in [1.29, 1.82) is 0 Å². The van der Waals surface area contributed by atoms with Gasteiger partial charge in [-0.3, -0.25) is 0 Å². The Hall–Kier alpha value is -2.43. The largest absolute Gasteiger partial charge is 0.367 e. The number of hydrogen-bond donors (Lipinski definition) is 1. The molecule has 2 bridgehead atoms. The second-order valence-electron chi connectivity index (χ2n) is 7.52. The molecule has 4 unspecified atom stereocenters. The van der Waals surface area contributed by atoms with E-state index in [0.717, 1.165) is 40.7 Å². The van der Waals surface area contributed by atoms with E-state index in [4.69, 9.17) is 0 Å². The van der Waals surface area contributed by atoms with Gasteiger partial charge in [0.1, 0.15) is 12.1 Å². The van der Waals surface area contributed by atoms with Crippen LogP contribution in [-0.2, 0) is 0 Å². The van der Waals surface area contributed by atoms with Gasteiger partial charge in [-0.25, -0.2) is 4.98 Å². The highest BCUT2D eigenvalue weighted by molar-refractivity contribution is 5.65. The van der Waals surface area contributed by atoms with E-state index in [0.29, 0.717) is 11.8 Å². The van der Waals surface area contributed by atoms with Crippen molar-refractivity contribution in [2.45, 2.75) is 25.3 Å². The van der Waals surface area contributed by atoms with Crippen molar-refractivity contribution >= 4 is 11.6 Å². The zero-order chi connectivity index (χ0) is 15.7. The van der Waals surface area contributed by atoms with Crippen LogP contribution in [0.15, 0.2) is 42.7 Å². The van der Waals surface area contributed by atoms with Crippen molar-refractivity contribution in [3.05, 3.63) is 42.7 Å². The van der Waals surface area contributed by atoms with Gasteiger partial charge < -0.3 is 5.32 Å². The highest BCUT2D eigenvalue weighted by atomic mass is 15.4. The highest BCUT2D eigenvalue weighted by Gasteiger charge is 2.65. The van der Waals surface area contributed by atoms with Crippen LogP contribution in [0.3, 0.4) is 0 Å². The van der Waals surface area contributed by atoms with Gasteiger partial charge in [-0.15, -0.1) is 0 Å². The number of fused-ring (bicyclic) bond motifs is 6. The molecule has 0 saturated heterocycles. The van der Waals surface area contributed by atoms with Crippen molar-refractivity contribution in [3.63, 3.8) is 0 Å². The molecule has 6 rings (SSSR count). The molecule has 2 aromatic heterocycles. The van der Waals surface area contributed by atoms with Gasteiger partial charge in [0.2, 0.25) is 0 Å². The van der Waals surface area contributed by atoms with Gasteiger partial charge in [-0.1, -0.05) is 30.3 Å². The second-order valence-corrected chi connectivity index (χ2v) is 7.52. The molecule has 24 heavy (non-hydrogen) atoms. The molecule has 1 N–H and O–H groups in total. The maximum atomic E-state index is 4.66. The first kappa shape index (κ1) is 12.9. The van der Waals surface area contributed by atoms with Gasteiger partial charge >= 0.3 is 0 Å². The molecule has 3 aliphatic carbocycles. The molecule has 120 valence electrons. The van der Waals surface area contributed by atoms with Crippen LogP contribution in [0.2, 0.25) is 0 Å². The Bertz CT molecular complexity index is 902. The van der Waals surface area contributed by atoms with E-state index in [2.05, 4.69) is 38.6 Å². The maximum Gasteiger partial charge on any atom is 0.254 e. The van der Waals surface area contributed by atoms with Crippen molar-refractivity contribution < 1.29 is 0 Å². The van der Waals surface area contributed by atoms with E-state index in [1.54, 1.807) is 6.33 Å². The molecule has 2 heterocycles. The number of rotatable bonds is 3. The van der Waals surface area contributed by atoms with Gasteiger partial charge in [0.25, 0.3) is 5.78 Å². The lowest BCUT2D eigenvalue weighted by molar-refractivity contribution is 0.456. The van der Waals surface area contributed by atoms with E-state index in [-0.39, 0.29) is 0 Å². The number of hydrogen-bond acceptors (Lipinski definition) is 4. The molecule has 3 aliphatic rings. The van der Waals surface area contributed by atoms with Crippen LogP contribution < -0.4 is 5.32 Å². The van der Waals surface area contributed by atoms with Crippen LogP contribution in [0.1, 0.15) is 19.3 Å². The first-order chi connectivity index (χ1) is 11.9. The summed E-state index contributed by atoms with van der Waals surface area (Å²) >= 11 is 0. The molecule has 3 saturated carbocycles. The first-order valence-corrected chi connectivity index (χ1v) is 8.91. The number of nitrogens with zero attached hydrogens (tertiary/aromatic N) is 4. The summed E-state index contributed by atoms with van der Waals surface area (Å²) in [5.74, 6) is 5.37. The minimum absolute atomic E-state index is 0.620. The SMILES string of the molecule is c1ccc(-c2cc(NC3C4C5CCC(C5)C34)n3ncnc3n2)cc1. The third-order valence-corrected chi connectivity index (χ3v) is 6.37. The molecule has 5 nitrogen and oxygen atoms in total. The van der Waals surface area contributed by atoms with Crippen molar-refractivity contribution in [2.24, 2.45) is 23.7 Å². The number of nitrogens with one attached hydrogen (secondary N) is 1. The molecule has 0 amide bonds. The molecule has 0 aliphatic heterocycles. The fourth-order valence-corrected chi connectivity index (χ4v) is 5.36. The Morgan fingerprint density at radius 2 is 1.83 bits per heavy atom. The van der Waals surface area contributed by atoms with E-state index in [9.17, 15) is 0 Å². The van der Waals surface area contributed by atoms with E-state index in [1.165, 1.54) is 19.3 Å². The molecule has 5 heteroatoms. The second kappa shape index (κ2) is 4.56. The fourth-order valence-electron chi connectivity index (χ4n) is 5.36. The normalized spacial score (nSPS) is 32.9. The Morgan fingerprint density at radius 3 is 2.62 bits per heavy atom. The Kier molecular flexibility index (Phi) is 2.46. The quantitative estimate of drug-likeness (QED) is 0.805. The molecule has 0 spiro atoms. The van der Waals surface area contributed by atoms with Gasteiger partial charge in [-0.2, -0.15) is 14.6 Å². The summed E-state index contributed by atoms with van der Waals surface area (Å²) < 4.78 is 1.84. The summed E-state index contributed by atoms with van der Waals surface area (Å²) in [5.41, 5.74) is 2.06. The lowest BCUT2D eigenvalue weighted by atomic mass is 10.0. The van der Waals surface area contributed by atoms with Crippen LogP contribution >= 0.6 is 0 Å². The summed E-state index contributed by atoms with van der Waals surface area (Å²) in [7, 11) is 0. The summed E-state index contributed by atoms with van der Waals surface area (Å²) in [6, 6.07) is 13.0. The van der Waals surface area contributed by atoms with Crippen LogP contribution in [0, 0.1) is 23.7 Å². The smallest absolute Gasteiger partial charge is 0.254 e. The summed E-state index contributed by atoms with van der Waals surface area (Å²) in [6.45, 7) is 0. The third kappa shape index (κ3) is 1.72. The topological polar surface area (TPSA) is 55.1 Å². The average molecular weight is 317 g/mol. The predicted molar refractivity (Wildman–Crippen MR) is 91.4 cm³/mol. The van der Waals surface area contributed by atoms with E-state index in [1.807, 2.05) is 22.7 Å². The van der Waals surface area contributed by atoms with Gasteiger partial charge in [0.15, 0.2) is 0 Å². The van der Waals surface area contributed by atoms with E-state index >= 15 is 0 Å². The number of anilines is 1. The average Bonchev–Trinajstić information content (AvgIpc) is 3.05. The molecule has 4 atom stereocenters. The maximum absolute atomic E-state index is 4.66. The summed E-state index contributed by atoms with van der Waals surface area (Å²) in [4.78, 5) is 8.97. The highest BCUT2D eigenvalue weighted by Crippen LogP contribution is 2.66. The zero-order valence-corrected chi connectivity index (χ0v) is 13.3. The number of aromatic nitrogens is 4. The number of benzene rings is 1. The van der Waals surface area contributed by atoms with Crippen molar-refractivity contribution in [3.8, 4) is 11.3 Å². The van der Waals surface area contributed by atoms with Crippen LogP contribution in [0.25, 0.3) is 17.0 Å². The lowest BCUT2D eigenvalue weighted by Gasteiger charge is -2.13. The molecule has 3 fully saturated rings. The Morgan fingerprint density at radius 1 is 1.04 bits per heavy atom. The monoisotopic (exact) mass is 317 g/mol. The summed E-state index contributed by atoms with van der Waals surface area (Å²) in [6.07, 6.45) is 5.93. The Balaban J connectivity index is 1.39. The molecular formula is C19H19N5. The fraction of sp³-hybridized carbons (Fsp3) is 0.421. The first-order valence-electron chi connectivity index (χ1n) is 8.91. The molecule has 0 radical (unpaired) electrons. The lowest BCUT2D eigenvalue weighted by Crippen LogP contribution is -2.15. The third-order valence-electron chi connectivity index (χ3n) is 6.37. The minimum atomic E-state index is 0.620. The van der Waals surface area contributed by atoms with Crippen LogP contribution in [0.4, 0.5) is 5.82 Å². The van der Waals surface area contributed by atoms with Gasteiger partial charge in [0.05, 0.1) is 5.69 Å². The van der Waals surface area contributed by atoms with Gasteiger partial charge in [0, 0.05) is 17.7 Å². The Labute approximate surface area is 140 Å². The molecule has 3 aromatic rings. The standard InChI is InChI=1S/C19H19N5/c1-2-4-11(5-3-1)14-9-15(24-19(22-14)20-10-21-24)23-18-16-12-6-7-13(8-12)17(16)18/h1-5,9-10,12-13,16-18,23H,6-8H2. The van der Waals surface area contributed by atoms with Crippen LogP contribution in [0.5, 0.6) is 0 Å². The summed E-state index contributed by atoms with van der Waals surface area (Å²) in [5, 5.41) is 8.14. The molecular weight excluding hydrogens is 298 g/mol. The van der Waals surface area contributed by atoms with Crippen molar-refractivity contribution in [2.75, 3.05) is 5.32 Å². The van der Waals surface area contributed by atoms with E-state index < -0.39 is 0 Å². The van der Waals surface area contributed by atoms with Crippen molar-refractivity contribution in [1.82, 2.24) is 19.6 Å². The zero-order valence-electron chi connectivity index (χ0n) is 13.3. The van der Waals surface area contributed by atoms with Gasteiger partial charge in [-0.05, 0) is 42.9 Å². The predicted octanol–water partition coefficient (Wildman–Crippen LogP) is 3.25. The minimum Gasteiger partial charge on any atom is -0.367 e.